The fraction of sp³-hybridized carbons (Fsp3) is 0.667. The molecule has 100 valence electrons. The number of hydrogen-bond donors (Lipinski definition) is 1. The van der Waals surface area contributed by atoms with Crippen LogP contribution >= 0.6 is 0 Å². The highest BCUT2D eigenvalue weighted by molar-refractivity contribution is 5.14. The van der Waals surface area contributed by atoms with Crippen molar-refractivity contribution in [1.29, 1.82) is 0 Å². The quantitative estimate of drug-likeness (QED) is 0.869. The summed E-state index contributed by atoms with van der Waals surface area (Å²) in [5.74, 6) is 0.856. The van der Waals surface area contributed by atoms with E-state index in [0.717, 1.165) is 12.5 Å². The molecular formula is C15H25N3. The molecule has 1 aliphatic rings. The zero-order valence-electron chi connectivity index (χ0n) is 11.4. The fourth-order valence-electron chi connectivity index (χ4n) is 3.05. The van der Waals surface area contributed by atoms with Crippen molar-refractivity contribution in [1.82, 2.24) is 9.88 Å². The molecule has 0 aliphatic heterocycles. The SMILES string of the molecule is CN(CC1CCCCC1)C(CN)c1cccnc1. The molecule has 1 aromatic heterocycles. The van der Waals surface area contributed by atoms with E-state index in [1.807, 2.05) is 18.5 Å². The second-order valence-electron chi connectivity index (χ2n) is 5.48. The van der Waals surface area contributed by atoms with Crippen LogP contribution in [0.4, 0.5) is 0 Å². The van der Waals surface area contributed by atoms with Gasteiger partial charge in [-0.3, -0.25) is 9.88 Å². The Morgan fingerprint density at radius 1 is 1.39 bits per heavy atom. The summed E-state index contributed by atoms with van der Waals surface area (Å²) >= 11 is 0. The number of aromatic nitrogens is 1. The molecule has 2 rings (SSSR count). The van der Waals surface area contributed by atoms with Gasteiger partial charge < -0.3 is 5.73 Å². The smallest absolute Gasteiger partial charge is 0.0482 e. The van der Waals surface area contributed by atoms with Crippen LogP contribution in [-0.2, 0) is 0 Å². The van der Waals surface area contributed by atoms with Crippen LogP contribution in [0.3, 0.4) is 0 Å². The zero-order valence-corrected chi connectivity index (χ0v) is 11.4. The van der Waals surface area contributed by atoms with E-state index < -0.39 is 0 Å². The second-order valence-corrected chi connectivity index (χ2v) is 5.48. The predicted molar refractivity (Wildman–Crippen MR) is 75.2 cm³/mol. The number of nitrogens with two attached hydrogens (primary N) is 1. The Labute approximate surface area is 110 Å². The van der Waals surface area contributed by atoms with Crippen molar-refractivity contribution in [2.24, 2.45) is 11.7 Å². The Hall–Kier alpha value is -0.930. The minimum atomic E-state index is 0.306. The number of rotatable bonds is 5. The standard InChI is InChI=1S/C15H25N3/c1-18(12-13-6-3-2-4-7-13)15(10-16)14-8-5-9-17-11-14/h5,8-9,11,13,15H,2-4,6-7,10,12,16H2,1H3. The van der Waals surface area contributed by atoms with Crippen molar-refractivity contribution in [2.75, 3.05) is 20.1 Å². The molecule has 3 nitrogen and oxygen atoms in total. The van der Waals surface area contributed by atoms with Gasteiger partial charge in [-0.05, 0) is 37.4 Å². The highest BCUT2D eigenvalue weighted by Gasteiger charge is 2.20. The lowest BCUT2D eigenvalue weighted by atomic mass is 9.88. The largest absolute Gasteiger partial charge is 0.329 e. The summed E-state index contributed by atoms with van der Waals surface area (Å²) in [5.41, 5.74) is 7.18. The third-order valence-corrected chi connectivity index (χ3v) is 4.10. The summed E-state index contributed by atoms with van der Waals surface area (Å²) in [6.45, 7) is 1.83. The van der Waals surface area contributed by atoms with Crippen molar-refractivity contribution >= 4 is 0 Å². The van der Waals surface area contributed by atoms with Crippen LogP contribution in [0, 0.1) is 5.92 Å². The molecule has 0 radical (unpaired) electrons. The van der Waals surface area contributed by atoms with Gasteiger partial charge in [0.15, 0.2) is 0 Å². The first-order valence-electron chi connectivity index (χ1n) is 7.11. The van der Waals surface area contributed by atoms with Crippen LogP contribution in [-0.4, -0.2) is 30.0 Å². The molecule has 0 spiro atoms. The maximum Gasteiger partial charge on any atom is 0.0482 e. The number of likely N-dealkylation sites (N-methyl/N-ethyl adjacent to an activating group) is 1. The number of nitrogens with zero attached hydrogens (tertiary/aromatic N) is 2. The summed E-state index contributed by atoms with van der Waals surface area (Å²) < 4.78 is 0. The van der Waals surface area contributed by atoms with E-state index >= 15 is 0 Å². The molecular weight excluding hydrogens is 222 g/mol. The second kappa shape index (κ2) is 6.86. The molecule has 0 aromatic carbocycles. The van der Waals surface area contributed by atoms with Gasteiger partial charge in [0.25, 0.3) is 0 Å². The molecule has 1 fully saturated rings. The van der Waals surface area contributed by atoms with Gasteiger partial charge in [0.1, 0.15) is 0 Å². The molecule has 0 amide bonds. The van der Waals surface area contributed by atoms with E-state index in [9.17, 15) is 0 Å². The van der Waals surface area contributed by atoms with Gasteiger partial charge >= 0.3 is 0 Å². The first-order valence-corrected chi connectivity index (χ1v) is 7.11. The third kappa shape index (κ3) is 3.53. The highest BCUT2D eigenvalue weighted by Crippen LogP contribution is 2.26. The normalized spacial score (nSPS) is 19.1. The van der Waals surface area contributed by atoms with Crippen LogP contribution in [0.25, 0.3) is 0 Å². The lowest BCUT2D eigenvalue weighted by Crippen LogP contribution is -2.34. The number of pyridine rings is 1. The predicted octanol–water partition coefficient (Wildman–Crippen LogP) is 2.59. The Bertz CT molecular complexity index is 333. The van der Waals surface area contributed by atoms with Gasteiger partial charge in [0.2, 0.25) is 0 Å². The van der Waals surface area contributed by atoms with Crippen molar-refractivity contribution in [2.45, 2.75) is 38.1 Å². The molecule has 1 atom stereocenters. The zero-order chi connectivity index (χ0) is 12.8. The molecule has 1 aliphatic carbocycles. The Morgan fingerprint density at radius 2 is 2.17 bits per heavy atom. The molecule has 3 heteroatoms. The summed E-state index contributed by atoms with van der Waals surface area (Å²) in [6.07, 6.45) is 10.7. The van der Waals surface area contributed by atoms with Gasteiger partial charge in [-0.1, -0.05) is 25.3 Å². The highest BCUT2D eigenvalue weighted by atomic mass is 15.1. The monoisotopic (exact) mass is 247 g/mol. The lowest BCUT2D eigenvalue weighted by molar-refractivity contribution is 0.185. The van der Waals surface area contributed by atoms with E-state index in [1.165, 1.54) is 37.7 Å². The molecule has 0 saturated heterocycles. The van der Waals surface area contributed by atoms with Crippen molar-refractivity contribution < 1.29 is 0 Å². The summed E-state index contributed by atoms with van der Waals surface area (Å²) in [7, 11) is 2.19. The minimum absolute atomic E-state index is 0.306. The summed E-state index contributed by atoms with van der Waals surface area (Å²) in [5, 5.41) is 0. The average molecular weight is 247 g/mol. The van der Waals surface area contributed by atoms with Crippen LogP contribution in [0.1, 0.15) is 43.7 Å². The molecule has 18 heavy (non-hydrogen) atoms. The van der Waals surface area contributed by atoms with Gasteiger partial charge in [-0.15, -0.1) is 0 Å². The van der Waals surface area contributed by atoms with E-state index in [-0.39, 0.29) is 0 Å². The van der Waals surface area contributed by atoms with E-state index in [2.05, 4.69) is 23.0 Å². The molecule has 0 bridgehead atoms. The fourth-order valence-corrected chi connectivity index (χ4v) is 3.05. The topological polar surface area (TPSA) is 42.1 Å². The van der Waals surface area contributed by atoms with Crippen molar-refractivity contribution in [3.8, 4) is 0 Å². The molecule has 1 heterocycles. The third-order valence-electron chi connectivity index (χ3n) is 4.10. The molecule has 1 aromatic rings. The summed E-state index contributed by atoms with van der Waals surface area (Å²) in [6, 6.07) is 4.43. The average Bonchev–Trinajstić information content (AvgIpc) is 2.42. The van der Waals surface area contributed by atoms with E-state index in [0.29, 0.717) is 12.6 Å². The van der Waals surface area contributed by atoms with Crippen molar-refractivity contribution in [3.05, 3.63) is 30.1 Å². The van der Waals surface area contributed by atoms with Crippen molar-refractivity contribution in [3.63, 3.8) is 0 Å². The molecule has 2 N–H and O–H groups in total. The first-order chi connectivity index (χ1) is 8.81. The molecule has 1 unspecified atom stereocenters. The maximum absolute atomic E-state index is 5.94. The van der Waals surface area contributed by atoms with Crippen LogP contribution < -0.4 is 5.73 Å². The van der Waals surface area contributed by atoms with Crippen LogP contribution in [0.15, 0.2) is 24.5 Å². The molecule has 1 saturated carbocycles. The van der Waals surface area contributed by atoms with Gasteiger partial charge in [-0.2, -0.15) is 0 Å². The van der Waals surface area contributed by atoms with Crippen LogP contribution in [0.5, 0.6) is 0 Å². The Kier molecular flexibility index (Phi) is 5.14. The van der Waals surface area contributed by atoms with Gasteiger partial charge in [0, 0.05) is 31.5 Å². The first kappa shape index (κ1) is 13.5. The number of hydrogen-bond acceptors (Lipinski definition) is 3. The van der Waals surface area contributed by atoms with E-state index in [1.54, 1.807) is 0 Å². The van der Waals surface area contributed by atoms with Gasteiger partial charge in [0.05, 0.1) is 0 Å². The summed E-state index contributed by atoms with van der Waals surface area (Å²) in [4.78, 5) is 6.61. The lowest BCUT2D eigenvalue weighted by Gasteiger charge is -2.32. The Morgan fingerprint density at radius 3 is 2.78 bits per heavy atom. The Balaban J connectivity index is 1.94. The van der Waals surface area contributed by atoms with Crippen LogP contribution in [0.2, 0.25) is 0 Å². The maximum atomic E-state index is 5.94. The minimum Gasteiger partial charge on any atom is -0.329 e. The van der Waals surface area contributed by atoms with Gasteiger partial charge in [-0.25, -0.2) is 0 Å². The van der Waals surface area contributed by atoms with E-state index in [4.69, 9.17) is 5.73 Å².